The van der Waals surface area contributed by atoms with Crippen molar-refractivity contribution in [3.8, 4) is 0 Å². The van der Waals surface area contributed by atoms with Gasteiger partial charge in [0, 0.05) is 19.1 Å². The molecule has 1 aromatic carbocycles. The van der Waals surface area contributed by atoms with Crippen molar-refractivity contribution < 1.29 is 13.9 Å². The van der Waals surface area contributed by atoms with E-state index in [1.165, 1.54) is 23.0 Å². The number of nitrogens with zero attached hydrogens (tertiary/aromatic N) is 2. The minimum atomic E-state index is -0.505. The van der Waals surface area contributed by atoms with Gasteiger partial charge in [0.25, 0.3) is 5.56 Å². The Morgan fingerprint density at radius 3 is 3.14 bits per heavy atom. The highest BCUT2D eigenvalue weighted by Gasteiger charge is 2.16. The van der Waals surface area contributed by atoms with Crippen molar-refractivity contribution in [2.75, 3.05) is 19.8 Å². The molecule has 1 aliphatic rings. The van der Waals surface area contributed by atoms with Crippen molar-refractivity contribution in [1.82, 2.24) is 14.9 Å². The van der Waals surface area contributed by atoms with Crippen molar-refractivity contribution in [2.45, 2.75) is 13.0 Å². The molecule has 1 N–H and O–H groups in total. The molecule has 1 aliphatic heterocycles. The molecular weight excluding hydrogens is 289 g/mol. The van der Waals surface area contributed by atoms with Gasteiger partial charge in [0.15, 0.2) is 0 Å². The maximum atomic E-state index is 13.2. The number of carbonyl (C=O) groups is 1. The van der Waals surface area contributed by atoms with E-state index in [1.54, 1.807) is 0 Å². The molecular formula is C15H16FN3O3. The fourth-order valence-electron chi connectivity index (χ4n) is 2.46. The zero-order valence-corrected chi connectivity index (χ0v) is 11.9. The second-order valence-corrected chi connectivity index (χ2v) is 5.37. The lowest BCUT2D eigenvalue weighted by Gasteiger charge is -2.10. The number of nitrogens with one attached hydrogen (secondary N) is 1. The summed E-state index contributed by atoms with van der Waals surface area (Å²) in [6.07, 6.45) is 2.23. The fraction of sp³-hybridized carbons (Fsp3) is 0.400. The minimum Gasteiger partial charge on any atom is -0.381 e. The zero-order chi connectivity index (χ0) is 15.5. The molecule has 1 saturated heterocycles. The number of halogens is 1. The van der Waals surface area contributed by atoms with Gasteiger partial charge in [-0.25, -0.2) is 9.37 Å². The summed E-state index contributed by atoms with van der Waals surface area (Å²) < 4.78 is 19.7. The Bertz CT molecular complexity index is 753. The summed E-state index contributed by atoms with van der Waals surface area (Å²) in [4.78, 5) is 28.2. The number of fused-ring (bicyclic) bond motifs is 1. The summed E-state index contributed by atoms with van der Waals surface area (Å²) in [5.74, 6) is -0.453. The molecule has 7 heteroatoms. The first-order valence-electron chi connectivity index (χ1n) is 7.12. The molecule has 1 fully saturated rings. The zero-order valence-electron chi connectivity index (χ0n) is 11.9. The molecule has 1 amide bonds. The minimum absolute atomic E-state index is 0.133. The second kappa shape index (κ2) is 6.23. The lowest BCUT2D eigenvalue weighted by atomic mass is 10.1. The van der Waals surface area contributed by atoms with E-state index in [1.807, 2.05) is 0 Å². The fourth-order valence-corrected chi connectivity index (χ4v) is 2.46. The van der Waals surface area contributed by atoms with E-state index < -0.39 is 11.4 Å². The molecule has 0 radical (unpaired) electrons. The summed E-state index contributed by atoms with van der Waals surface area (Å²) in [7, 11) is 0. The van der Waals surface area contributed by atoms with Crippen molar-refractivity contribution in [3.63, 3.8) is 0 Å². The maximum absolute atomic E-state index is 13.2. The molecule has 0 unspecified atom stereocenters. The van der Waals surface area contributed by atoms with E-state index in [0.717, 1.165) is 19.1 Å². The third-order valence-corrected chi connectivity index (χ3v) is 3.71. The molecule has 116 valence electrons. The molecule has 3 rings (SSSR count). The van der Waals surface area contributed by atoms with Gasteiger partial charge in [-0.15, -0.1) is 0 Å². The highest BCUT2D eigenvalue weighted by Crippen LogP contribution is 2.10. The molecule has 1 aromatic heterocycles. The van der Waals surface area contributed by atoms with Crippen LogP contribution in [0.3, 0.4) is 0 Å². The van der Waals surface area contributed by atoms with Gasteiger partial charge in [-0.3, -0.25) is 14.2 Å². The SMILES string of the molecule is O=C(Cn1cnc2ccc(F)cc2c1=O)NC[C@H]1CCOC1. The van der Waals surface area contributed by atoms with E-state index >= 15 is 0 Å². The highest BCUT2D eigenvalue weighted by molar-refractivity contribution is 5.78. The number of hydrogen-bond acceptors (Lipinski definition) is 4. The lowest BCUT2D eigenvalue weighted by Crippen LogP contribution is -2.35. The third-order valence-electron chi connectivity index (χ3n) is 3.71. The summed E-state index contributed by atoms with van der Waals surface area (Å²) >= 11 is 0. The van der Waals surface area contributed by atoms with Crippen LogP contribution in [0, 0.1) is 11.7 Å². The van der Waals surface area contributed by atoms with Gasteiger partial charge in [0.2, 0.25) is 5.91 Å². The van der Waals surface area contributed by atoms with Crippen molar-refractivity contribution >= 4 is 16.8 Å². The van der Waals surface area contributed by atoms with Crippen LogP contribution in [-0.4, -0.2) is 35.2 Å². The van der Waals surface area contributed by atoms with E-state index in [4.69, 9.17) is 4.74 Å². The summed E-state index contributed by atoms with van der Waals surface area (Å²) in [6.45, 7) is 1.77. The summed E-state index contributed by atoms with van der Waals surface area (Å²) in [5, 5.41) is 2.95. The second-order valence-electron chi connectivity index (χ2n) is 5.37. The Balaban J connectivity index is 1.71. The van der Waals surface area contributed by atoms with Gasteiger partial charge in [-0.1, -0.05) is 0 Å². The van der Waals surface area contributed by atoms with Crippen LogP contribution in [0.1, 0.15) is 6.42 Å². The number of carbonyl (C=O) groups excluding carboxylic acids is 1. The molecule has 2 heterocycles. The van der Waals surface area contributed by atoms with Crippen LogP contribution in [0.15, 0.2) is 29.3 Å². The van der Waals surface area contributed by atoms with Gasteiger partial charge in [0.1, 0.15) is 12.4 Å². The smallest absolute Gasteiger partial charge is 0.261 e. The Labute approximate surface area is 125 Å². The quantitative estimate of drug-likeness (QED) is 0.902. The molecule has 0 aliphatic carbocycles. The number of rotatable bonds is 4. The van der Waals surface area contributed by atoms with Crippen LogP contribution in [0.4, 0.5) is 4.39 Å². The van der Waals surface area contributed by atoms with E-state index in [-0.39, 0.29) is 17.8 Å². The van der Waals surface area contributed by atoms with Crippen molar-refractivity contribution in [1.29, 1.82) is 0 Å². The van der Waals surface area contributed by atoms with Crippen LogP contribution < -0.4 is 10.9 Å². The normalized spacial score (nSPS) is 17.8. The molecule has 0 saturated carbocycles. The first-order valence-corrected chi connectivity index (χ1v) is 7.12. The van der Waals surface area contributed by atoms with Gasteiger partial charge < -0.3 is 10.1 Å². The Morgan fingerprint density at radius 1 is 1.50 bits per heavy atom. The number of aromatic nitrogens is 2. The Hall–Kier alpha value is -2.28. The van der Waals surface area contributed by atoms with Gasteiger partial charge in [-0.05, 0) is 24.6 Å². The molecule has 0 spiro atoms. The van der Waals surface area contributed by atoms with Gasteiger partial charge in [-0.2, -0.15) is 0 Å². The van der Waals surface area contributed by atoms with Crippen LogP contribution in [0.2, 0.25) is 0 Å². The predicted octanol–water partition coefficient (Wildman–Crippen LogP) is 0.688. The maximum Gasteiger partial charge on any atom is 0.261 e. The average Bonchev–Trinajstić information content (AvgIpc) is 3.02. The molecule has 6 nitrogen and oxygen atoms in total. The Morgan fingerprint density at radius 2 is 2.36 bits per heavy atom. The summed E-state index contributed by atoms with van der Waals surface area (Å²) in [5.41, 5.74) is -0.0185. The first-order chi connectivity index (χ1) is 10.6. The largest absolute Gasteiger partial charge is 0.381 e. The van der Waals surface area contributed by atoms with Crippen molar-refractivity contribution in [3.05, 3.63) is 40.7 Å². The molecule has 0 bridgehead atoms. The van der Waals surface area contributed by atoms with Gasteiger partial charge >= 0.3 is 0 Å². The third kappa shape index (κ3) is 3.14. The average molecular weight is 305 g/mol. The van der Waals surface area contributed by atoms with Crippen LogP contribution in [-0.2, 0) is 16.1 Å². The number of ether oxygens (including phenoxy) is 1. The topological polar surface area (TPSA) is 73.2 Å². The van der Waals surface area contributed by atoms with Crippen LogP contribution >= 0.6 is 0 Å². The standard InChI is InChI=1S/C15H16FN3O3/c16-11-1-2-13-12(5-11)15(21)19(9-18-13)7-14(20)17-6-10-3-4-22-8-10/h1-2,5,9-10H,3-4,6-8H2,(H,17,20)/t10-/m1/s1. The predicted molar refractivity (Wildman–Crippen MR) is 77.9 cm³/mol. The van der Waals surface area contributed by atoms with Gasteiger partial charge in [0.05, 0.1) is 23.8 Å². The monoisotopic (exact) mass is 305 g/mol. The van der Waals surface area contributed by atoms with Crippen LogP contribution in [0.25, 0.3) is 10.9 Å². The molecule has 1 atom stereocenters. The Kier molecular flexibility index (Phi) is 4.15. The summed E-state index contributed by atoms with van der Waals surface area (Å²) in [6, 6.07) is 3.82. The van der Waals surface area contributed by atoms with E-state index in [0.29, 0.717) is 24.6 Å². The number of hydrogen-bond donors (Lipinski definition) is 1. The number of amides is 1. The molecule has 22 heavy (non-hydrogen) atoms. The highest BCUT2D eigenvalue weighted by atomic mass is 19.1. The molecule has 2 aromatic rings. The van der Waals surface area contributed by atoms with E-state index in [2.05, 4.69) is 10.3 Å². The lowest BCUT2D eigenvalue weighted by molar-refractivity contribution is -0.121. The first kappa shape index (κ1) is 14.6. The van der Waals surface area contributed by atoms with Crippen LogP contribution in [0.5, 0.6) is 0 Å². The van der Waals surface area contributed by atoms with E-state index in [9.17, 15) is 14.0 Å². The number of benzene rings is 1. The van der Waals surface area contributed by atoms with Crippen molar-refractivity contribution in [2.24, 2.45) is 5.92 Å².